The number of benzene rings is 4. The van der Waals surface area contributed by atoms with Crippen LogP contribution < -0.4 is 22.9 Å². The van der Waals surface area contributed by atoms with Crippen LogP contribution in [0.15, 0.2) is 72.8 Å². The molecular formula is C29H34N4O. The molecule has 8 N–H and O–H groups in total. The van der Waals surface area contributed by atoms with Gasteiger partial charge in [-0.15, -0.1) is 0 Å². The van der Waals surface area contributed by atoms with Crippen molar-refractivity contribution in [3.63, 3.8) is 0 Å². The summed E-state index contributed by atoms with van der Waals surface area (Å²) in [6, 6.07) is 24.1. The van der Waals surface area contributed by atoms with Crippen LogP contribution in [0.4, 0.5) is 22.7 Å². The number of hydrogen-bond acceptors (Lipinski definition) is 5. The molecule has 0 radical (unpaired) electrons. The fourth-order valence-corrected chi connectivity index (χ4v) is 3.71. The number of hydrogen-bond donors (Lipinski definition) is 4. The van der Waals surface area contributed by atoms with Gasteiger partial charge < -0.3 is 27.7 Å². The van der Waals surface area contributed by atoms with Crippen molar-refractivity contribution in [2.75, 3.05) is 22.9 Å². The Bertz CT molecular complexity index is 1180. The van der Waals surface area contributed by atoms with E-state index >= 15 is 0 Å². The minimum absolute atomic E-state index is 0.799. The molecule has 0 aliphatic heterocycles. The number of nitrogen functional groups attached to an aromatic ring is 4. The largest absolute Gasteiger partial charge is 0.399 e. The van der Waals surface area contributed by atoms with Crippen LogP contribution in [-0.4, -0.2) is 6.79 Å². The van der Waals surface area contributed by atoms with Gasteiger partial charge in [-0.2, -0.15) is 0 Å². The molecule has 0 aliphatic carbocycles. The minimum atomic E-state index is 0.799. The molecule has 0 bridgehead atoms. The van der Waals surface area contributed by atoms with Crippen molar-refractivity contribution < 1.29 is 4.79 Å². The van der Waals surface area contributed by atoms with Gasteiger partial charge in [0.1, 0.15) is 6.79 Å². The summed E-state index contributed by atoms with van der Waals surface area (Å²) in [5, 5.41) is 0. The average Bonchev–Trinajstić information content (AvgIpc) is 2.80. The van der Waals surface area contributed by atoms with E-state index in [0.29, 0.717) is 0 Å². The number of rotatable bonds is 2. The Morgan fingerprint density at radius 3 is 1.12 bits per heavy atom. The van der Waals surface area contributed by atoms with Gasteiger partial charge in [-0.1, -0.05) is 24.3 Å². The van der Waals surface area contributed by atoms with E-state index in [1.165, 1.54) is 33.4 Å². The van der Waals surface area contributed by atoms with Crippen LogP contribution in [0, 0.1) is 27.7 Å². The number of carbonyl (C=O) groups excluding carboxylic acids is 1. The molecule has 0 atom stereocenters. The van der Waals surface area contributed by atoms with E-state index in [4.69, 9.17) is 27.7 Å². The van der Waals surface area contributed by atoms with Gasteiger partial charge in [-0.3, -0.25) is 0 Å². The number of aryl methyl sites for hydroxylation is 4. The minimum Gasteiger partial charge on any atom is -0.399 e. The maximum atomic E-state index is 8.00. The Balaban J connectivity index is 0.000000224. The molecule has 176 valence electrons. The first-order valence-electron chi connectivity index (χ1n) is 10.9. The van der Waals surface area contributed by atoms with E-state index in [0.717, 1.165) is 33.9 Å². The topological polar surface area (TPSA) is 121 Å². The zero-order valence-corrected chi connectivity index (χ0v) is 20.4. The second-order valence-corrected chi connectivity index (χ2v) is 8.29. The van der Waals surface area contributed by atoms with Crippen molar-refractivity contribution in [1.29, 1.82) is 0 Å². The van der Waals surface area contributed by atoms with Crippen LogP contribution in [0.2, 0.25) is 0 Å². The van der Waals surface area contributed by atoms with Crippen LogP contribution in [-0.2, 0) is 4.79 Å². The second-order valence-electron chi connectivity index (χ2n) is 8.29. The zero-order chi connectivity index (χ0) is 25.4. The first-order chi connectivity index (χ1) is 16.2. The molecular weight excluding hydrogens is 420 g/mol. The molecule has 5 heteroatoms. The zero-order valence-electron chi connectivity index (χ0n) is 20.4. The van der Waals surface area contributed by atoms with Gasteiger partial charge >= 0.3 is 0 Å². The van der Waals surface area contributed by atoms with Gasteiger partial charge in [0.25, 0.3) is 0 Å². The van der Waals surface area contributed by atoms with Crippen LogP contribution in [0.5, 0.6) is 0 Å². The van der Waals surface area contributed by atoms with Crippen LogP contribution >= 0.6 is 0 Å². The van der Waals surface area contributed by atoms with Crippen molar-refractivity contribution in [2.45, 2.75) is 27.7 Å². The summed E-state index contributed by atoms with van der Waals surface area (Å²) in [5.41, 5.74) is 35.7. The molecule has 0 amide bonds. The Morgan fingerprint density at radius 2 is 0.824 bits per heavy atom. The van der Waals surface area contributed by atoms with Crippen molar-refractivity contribution >= 4 is 29.5 Å². The lowest BCUT2D eigenvalue weighted by atomic mass is 9.98. The van der Waals surface area contributed by atoms with Gasteiger partial charge in [-0.25, -0.2) is 0 Å². The summed E-state index contributed by atoms with van der Waals surface area (Å²) in [7, 11) is 0. The normalized spacial score (nSPS) is 9.88. The summed E-state index contributed by atoms with van der Waals surface area (Å²) in [6.07, 6.45) is 0. The molecule has 0 aliphatic rings. The lowest BCUT2D eigenvalue weighted by molar-refractivity contribution is -0.0979. The van der Waals surface area contributed by atoms with Crippen molar-refractivity contribution in [1.82, 2.24) is 0 Å². The van der Waals surface area contributed by atoms with Crippen LogP contribution in [0.3, 0.4) is 0 Å². The highest BCUT2D eigenvalue weighted by atomic mass is 16.1. The third kappa shape index (κ3) is 6.39. The molecule has 5 nitrogen and oxygen atoms in total. The Labute approximate surface area is 202 Å². The number of nitrogens with two attached hydrogens (primary N) is 4. The number of carbonyl (C=O) groups is 1. The summed E-state index contributed by atoms with van der Waals surface area (Å²) in [6.45, 7) is 10.2. The summed E-state index contributed by atoms with van der Waals surface area (Å²) < 4.78 is 0. The molecule has 0 saturated heterocycles. The van der Waals surface area contributed by atoms with E-state index in [1.54, 1.807) is 0 Å². The molecule has 0 unspecified atom stereocenters. The fraction of sp³-hybridized carbons (Fsp3) is 0.138. The van der Waals surface area contributed by atoms with Gasteiger partial charge in [0, 0.05) is 22.7 Å². The van der Waals surface area contributed by atoms with E-state index in [9.17, 15) is 0 Å². The summed E-state index contributed by atoms with van der Waals surface area (Å²) in [5.74, 6) is 0. The Hall–Kier alpha value is -4.25. The molecule has 4 rings (SSSR count). The van der Waals surface area contributed by atoms with E-state index in [2.05, 4.69) is 38.1 Å². The molecule has 34 heavy (non-hydrogen) atoms. The first kappa shape index (κ1) is 26.0. The molecule has 0 spiro atoms. The lowest BCUT2D eigenvalue weighted by Gasteiger charge is -2.09. The Kier molecular flexibility index (Phi) is 8.85. The fourth-order valence-electron chi connectivity index (χ4n) is 3.71. The average molecular weight is 455 g/mol. The van der Waals surface area contributed by atoms with Gasteiger partial charge in [0.2, 0.25) is 0 Å². The van der Waals surface area contributed by atoms with E-state index in [1.807, 2.05) is 69.2 Å². The van der Waals surface area contributed by atoms with Gasteiger partial charge in [0.15, 0.2) is 0 Å². The highest BCUT2D eigenvalue weighted by Gasteiger charge is 2.04. The van der Waals surface area contributed by atoms with E-state index in [-0.39, 0.29) is 0 Å². The Morgan fingerprint density at radius 1 is 0.471 bits per heavy atom. The second kappa shape index (κ2) is 11.6. The van der Waals surface area contributed by atoms with Crippen molar-refractivity contribution in [2.24, 2.45) is 0 Å². The highest BCUT2D eigenvalue weighted by Crippen LogP contribution is 2.28. The molecule has 4 aromatic carbocycles. The maximum absolute atomic E-state index is 8.00. The van der Waals surface area contributed by atoms with Crippen molar-refractivity contribution in [3.8, 4) is 22.3 Å². The molecule has 0 saturated carbocycles. The lowest BCUT2D eigenvalue weighted by Crippen LogP contribution is -1.92. The number of anilines is 4. The van der Waals surface area contributed by atoms with Gasteiger partial charge in [-0.05, 0) is 121 Å². The maximum Gasteiger partial charge on any atom is 0.106 e. The predicted octanol–water partition coefficient (Wildman–Crippen LogP) is 6.08. The third-order valence-electron chi connectivity index (χ3n) is 5.66. The monoisotopic (exact) mass is 454 g/mol. The summed E-state index contributed by atoms with van der Waals surface area (Å²) >= 11 is 0. The van der Waals surface area contributed by atoms with Crippen molar-refractivity contribution in [3.05, 3.63) is 95.1 Å². The predicted molar refractivity (Wildman–Crippen MR) is 147 cm³/mol. The molecule has 0 fully saturated rings. The smallest absolute Gasteiger partial charge is 0.106 e. The highest BCUT2D eigenvalue weighted by molar-refractivity contribution is 5.73. The molecule has 4 aromatic rings. The third-order valence-corrected chi connectivity index (χ3v) is 5.66. The SMILES string of the molecule is C=O.Cc1cc(-c2ccc(N)cc2C)ccc1N.Cc1cc(-c2ccc(N)cc2C)ccc1N. The standard InChI is InChI=1S/2C14H16N2.CH2O/c2*1-9-8-12(15)4-5-13(9)11-3-6-14(16)10(2)7-11;1-2/h2*3-8H,15-16H2,1-2H3;1H2. The molecule has 0 heterocycles. The quantitative estimate of drug-likeness (QED) is 0.273. The van der Waals surface area contributed by atoms with Crippen LogP contribution in [0.1, 0.15) is 22.3 Å². The van der Waals surface area contributed by atoms with E-state index < -0.39 is 0 Å². The first-order valence-corrected chi connectivity index (χ1v) is 10.9. The molecule has 0 aromatic heterocycles. The van der Waals surface area contributed by atoms with Gasteiger partial charge in [0.05, 0.1) is 0 Å². The summed E-state index contributed by atoms with van der Waals surface area (Å²) in [4.78, 5) is 8.00. The van der Waals surface area contributed by atoms with Crippen LogP contribution in [0.25, 0.3) is 22.3 Å².